The van der Waals surface area contributed by atoms with E-state index in [4.69, 9.17) is 0 Å². The van der Waals surface area contributed by atoms with Crippen LogP contribution in [0.15, 0.2) is 75.5 Å². The maximum atomic E-state index is 12.9. The molecule has 9 nitrogen and oxygen atoms in total. The predicted octanol–water partition coefficient (Wildman–Crippen LogP) is 3.42. The van der Waals surface area contributed by atoms with Gasteiger partial charge in [0, 0.05) is 0 Å². The molecule has 0 radical (unpaired) electrons. The number of para-hydroxylation sites is 1. The summed E-state index contributed by atoms with van der Waals surface area (Å²) in [4.78, 5) is 33.6. The number of aromatic amines is 2. The SMILES string of the molecule is CCSc1ccc(NC(=O)c2ccccc2NS(=O)(=O)c2ccc3[nH]c(=O)[nH]c3c2)cn1. The second-order valence-electron chi connectivity index (χ2n) is 6.71. The molecular formula is C21H19N5O4S2. The summed E-state index contributed by atoms with van der Waals surface area (Å²) in [6.45, 7) is 2.02. The molecule has 11 heteroatoms. The van der Waals surface area contributed by atoms with Crippen molar-refractivity contribution in [2.24, 2.45) is 0 Å². The van der Waals surface area contributed by atoms with Crippen molar-refractivity contribution in [2.45, 2.75) is 16.8 Å². The van der Waals surface area contributed by atoms with Crippen LogP contribution in [0.3, 0.4) is 0 Å². The molecular weight excluding hydrogens is 450 g/mol. The zero-order chi connectivity index (χ0) is 22.7. The van der Waals surface area contributed by atoms with Crippen molar-refractivity contribution in [3.8, 4) is 0 Å². The number of pyridine rings is 1. The van der Waals surface area contributed by atoms with E-state index in [0.29, 0.717) is 16.7 Å². The molecule has 0 fully saturated rings. The number of nitrogens with one attached hydrogen (secondary N) is 4. The van der Waals surface area contributed by atoms with Crippen LogP contribution in [-0.2, 0) is 10.0 Å². The Bertz CT molecular complexity index is 1440. The summed E-state index contributed by atoms with van der Waals surface area (Å²) in [6, 6.07) is 14.0. The summed E-state index contributed by atoms with van der Waals surface area (Å²) < 4.78 is 28.3. The summed E-state index contributed by atoms with van der Waals surface area (Å²) >= 11 is 1.59. The van der Waals surface area contributed by atoms with Gasteiger partial charge in [-0.1, -0.05) is 19.1 Å². The molecule has 2 aromatic heterocycles. The number of aromatic nitrogens is 3. The zero-order valence-corrected chi connectivity index (χ0v) is 18.5. The monoisotopic (exact) mass is 469 g/mol. The fourth-order valence-electron chi connectivity index (χ4n) is 3.04. The van der Waals surface area contributed by atoms with Crippen molar-refractivity contribution in [3.63, 3.8) is 0 Å². The molecule has 0 aliphatic rings. The summed E-state index contributed by atoms with van der Waals surface area (Å²) in [6.07, 6.45) is 1.55. The topological polar surface area (TPSA) is 137 Å². The Morgan fingerprint density at radius 1 is 1.06 bits per heavy atom. The van der Waals surface area contributed by atoms with Gasteiger partial charge in [-0.05, 0) is 48.2 Å². The highest BCUT2D eigenvalue weighted by Crippen LogP contribution is 2.23. The van der Waals surface area contributed by atoms with E-state index >= 15 is 0 Å². The molecule has 0 unspecified atom stereocenters. The maximum Gasteiger partial charge on any atom is 0.323 e. The molecule has 0 spiro atoms. The highest BCUT2D eigenvalue weighted by atomic mass is 32.2. The molecule has 0 saturated carbocycles. The van der Waals surface area contributed by atoms with E-state index in [0.717, 1.165) is 10.8 Å². The fraction of sp³-hybridized carbons (Fsp3) is 0.0952. The van der Waals surface area contributed by atoms with Crippen LogP contribution in [-0.4, -0.2) is 35.0 Å². The van der Waals surface area contributed by atoms with Crippen LogP contribution in [0.5, 0.6) is 0 Å². The number of fused-ring (bicyclic) bond motifs is 1. The fourth-order valence-corrected chi connectivity index (χ4v) is 4.73. The minimum atomic E-state index is -4.02. The van der Waals surface area contributed by atoms with Gasteiger partial charge in [0.2, 0.25) is 0 Å². The first kappa shape index (κ1) is 21.7. The predicted molar refractivity (Wildman–Crippen MR) is 125 cm³/mol. The molecule has 32 heavy (non-hydrogen) atoms. The minimum absolute atomic E-state index is 0.0522. The van der Waals surface area contributed by atoms with Crippen LogP contribution in [0.1, 0.15) is 17.3 Å². The van der Waals surface area contributed by atoms with Crippen molar-refractivity contribution in [1.82, 2.24) is 15.0 Å². The average molecular weight is 470 g/mol. The van der Waals surface area contributed by atoms with Crippen molar-refractivity contribution >= 4 is 50.1 Å². The van der Waals surface area contributed by atoms with Gasteiger partial charge in [-0.3, -0.25) is 9.52 Å². The third-order valence-corrected chi connectivity index (χ3v) is 6.69. The number of carbonyl (C=O) groups is 1. The Hall–Kier alpha value is -3.57. The first-order valence-corrected chi connectivity index (χ1v) is 12.1. The van der Waals surface area contributed by atoms with Crippen LogP contribution < -0.4 is 15.7 Å². The molecule has 0 saturated heterocycles. The Labute approximate surface area is 187 Å². The lowest BCUT2D eigenvalue weighted by Crippen LogP contribution is -2.18. The van der Waals surface area contributed by atoms with Crippen LogP contribution in [0.25, 0.3) is 11.0 Å². The Morgan fingerprint density at radius 2 is 1.84 bits per heavy atom. The molecule has 1 amide bonds. The molecule has 2 heterocycles. The number of nitrogens with zero attached hydrogens (tertiary/aromatic N) is 1. The zero-order valence-electron chi connectivity index (χ0n) is 16.9. The van der Waals surface area contributed by atoms with E-state index in [1.807, 2.05) is 6.92 Å². The van der Waals surface area contributed by atoms with E-state index < -0.39 is 21.6 Å². The largest absolute Gasteiger partial charge is 0.323 e. The van der Waals surface area contributed by atoms with Gasteiger partial charge in [0.1, 0.15) is 0 Å². The number of thioether (sulfide) groups is 1. The van der Waals surface area contributed by atoms with Gasteiger partial charge in [-0.25, -0.2) is 18.2 Å². The number of anilines is 2. The number of imidazole rings is 1. The smallest absolute Gasteiger partial charge is 0.321 e. The van der Waals surface area contributed by atoms with Gasteiger partial charge < -0.3 is 15.3 Å². The number of benzene rings is 2. The number of sulfonamides is 1. The Balaban J connectivity index is 1.58. The summed E-state index contributed by atoms with van der Waals surface area (Å²) in [5.41, 5.74) is 1.19. The van der Waals surface area contributed by atoms with Crippen LogP contribution in [0.4, 0.5) is 11.4 Å². The van der Waals surface area contributed by atoms with Gasteiger partial charge >= 0.3 is 5.69 Å². The minimum Gasteiger partial charge on any atom is -0.321 e. The van der Waals surface area contributed by atoms with E-state index in [1.54, 1.807) is 42.2 Å². The van der Waals surface area contributed by atoms with Crippen molar-refractivity contribution in [2.75, 3.05) is 15.8 Å². The van der Waals surface area contributed by atoms with E-state index in [9.17, 15) is 18.0 Å². The third-order valence-electron chi connectivity index (χ3n) is 4.50. The quantitative estimate of drug-likeness (QED) is 0.306. The molecule has 164 valence electrons. The highest BCUT2D eigenvalue weighted by Gasteiger charge is 2.19. The van der Waals surface area contributed by atoms with Crippen LogP contribution in [0, 0.1) is 0 Å². The first-order chi connectivity index (χ1) is 15.4. The molecule has 2 aromatic carbocycles. The lowest BCUT2D eigenvalue weighted by Gasteiger charge is -2.13. The van der Waals surface area contributed by atoms with Crippen molar-refractivity contribution in [3.05, 3.63) is 76.8 Å². The highest BCUT2D eigenvalue weighted by molar-refractivity contribution is 7.99. The molecule has 0 bridgehead atoms. The number of hydrogen-bond donors (Lipinski definition) is 4. The van der Waals surface area contributed by atoms with Gasteiger partial charge in [0.15, 0.2) is 0 Å². The number of amides is 1. The van der Waals surface area contributed by atoms with Crippen LogP contribution >= 0.6 is 11.8 Å². The van der Waals surface area contributed by atoms with E-state index in [-0.39, 0.29) is 16.1 Å². The first-order valence-electron chi connectivity index (χ1n) is 9.60. The summed E-state index contributed by atoms with van der Waals surface area (Å²) in [5.74, 6) is 0.408. The summed E-state index contributed by atoms with van der Waals surface area (Å²) in [7, 11) is -4.02. The second-order valence-corrected chi connectivity index (χ2v) is 9.68. The molecule has 0 atom stereocenters. The maximum absolute atomic E-state index is 12.9. The number of hydrogen-bond acceptors (Lipinski definition) is 6. The third kappa shape index (κ3) is 4.68. The molecule has 0 aliphatic carbocycles. The Kier molecular flexibility index (Phi) is 6.01. The van der Waals surface area contributed by atoms with E-state index in [1.165, 1.54) is 30.3 Å². The van der Waals surface area contributed by atoms with Gasteiger partial charge in [0.25, 0.3) is 15.9 Å². The Morgan fingerprint density at radius 3 is 2.59 bits per heavy atom. The number of H-pyrrole nitrogens is 2. The van der Waals surface area contributed by atoms with Gasteiger partial charge in [0.05, 0.1) is 44.1 Å². The van der Waals surface area contributed by atoms with Gasteiger partial charge in [-0.15, -0.1) is 11.8 Å². The normalized spacial score (nSPS) is 11.4. The average Bonchev–Trinajstić information content (AvgIpc) is 3.14. The van der Waals surface area contributed by atoms with Crippen molar-refractivity contribution < 1.29 is 13.2 Å². The second kappa shape index (κ2) is 8.89. The lowest BCUT2D eigenvalue weighted by atomic mass is 10.1. The number of carbonyl (C=O) groups excluding carboxylic acids is 1. The lowest BCUT2D eigenvalue weighted by molar-refractivity contribution is 0.102. The molecule has 4 N–H and O–H groups in total. The molecule has 0 aliphatic heterocycles. The standard InChI is InChI=1S/C21H19N5O4S2/c1-2-31-19-10-7-13(12-22-19)23-20(27)15-5-3-4-6-16(15)26-32(29,30)14-8-9-17-18(11-14)25-21(28)24-17/h3-12,26H,2H2,1H3,(H,23,27)(H2,24,25,28). The van der Waals surface area contributed by atoms with E-state index in [2.05, 4.69) is 25.0 Å². The number of rotatable bonds is 7. The van der Waals surface area contributed by atoms with Crippen LogP contribution in [0.2, 0.25) is 0 Å². The summed E-state index contributed by atoms with van der Waals surface area (Å²) in [5, 5.41) is 3.58. The molecule has 4 aromatic rings. The van der Waals surface area contributed by atoms with Crippen molar-refractivity contribution in [1.29, 1.82) is 0 Å². The van der Waals surface area contributed by atoms with Gasteiger partial charge in [-0.2, -0.15) is 0 Å². The molecule has 4 rings (SSSR count).